The minimum Gasteiger partial charge on any atom is -0.386 e. The van der Waals surface area contributed by atoms with Crippen molar-refractivity contribution < 1.29 is 8.78 Å². The van der Waals surface area contributed by atoms with E-state index in [-0.39, 0.29) is 23.0 Å². The first-order valence-electron chi connectivity index (χ1n) is 3.90. The van der Waals surface area contributed by atoms with Crippen LogP contribution in [0.1, 0.15) is 5.56 Å². The largest absolute Gasteiger partial charge is 0.386 e. The van der Waals surface area contributed by atoms with Gasteiger partial charge in [-0.15, -0.1) is 11.6 Å². The van der Waals surface area contributed by atoms with Gasteiger partial charge < -0.3 is 5.73 Å². The maximum Gasteiger partial charge on any atom is 0.184 e. The molecule has 0 aliphatic rings. The molecule has 76 valence electrons. The number of nitrogens with zero attached hydrogens (tertiary/aromatic N) is 1. The molecule has 0 fully saturated rings. The summed E-state index contributed by atoms with van der Waals surface area (Å²) < 4.78 is 26.2. The molecule has 0 atom stereocenters. The summed E-state index contributed by atoms with van der Waals surface area (Å²) in [5, 5.41) is 0. The van der Waals surface area contributed by atoms with Crippen LogP contribution in [0.5, 0.6) is 0 Å². The predicted molar refractivity (Wildman–Crippen MR) is 53.1 cm³/mol. The van der Waals surface area contributed by atoms with Crippen molar-refractivity contribution in [1.29, 1.82) is 0 Å². The van der Waals surface area contributed by atoms with Gasteiger partial charge >= 0.3 is 0 Å². The highest BCUT2D eigenvalue weighted by molar-refractivity contribution is 6.28. The van der Waals surface area contributed by atoms with Crippen molar-refractivity contribution in [2.75, 3.05) is 5.88 Å². The zero-order valence-electron chi connectivity index (χ0n) is 7.52. The van der Waals surface area contributed by atoms with E-state index >= 15 is 0 Å². The van der Waals surface area contributed by atoms with Crippen LogP contribution in [0.4, 0.5) is 14.5 Å². The smallest absolute Gasteiger partial charge is 0.184 e. The van der Waals surface area contributed by atoms with Crippen LogP contribution < -0.4 is 5.73 Å². The number of aliphatic imine (C=N–C) groups is 1. The zero-order chi connectivity index (χ0) is 10.7. The zero-order valence-corrected chi connectivity index (χ0v) is 8.28. The minimum atomic E-state index is -1.00. The Balaban J connectivity index is 3.18. The summed E-state index contributed by atoms with van der Waals surface area (Å²) in [6.07, 6.45) is 0. The fraction of sp³-hybridized carbons (Fsp3) is 0.222. The first-order valence-corrected chi connectivity index (χ1v) is 4.43. The number of halogens is 3. The van der Waals surface area contributed by atoms with Crippen molar-refractivity contribution in [3.63, 3.8) is 0 Å². The number of hydrogen-bond donors (Lipinski definition) is 1. The summed E-state index contributed by atoms with van der Waals surface area (Å²) in [5.74, 6) is -1.88. The molecule has 0 unspecified atom stereocenters. The van der Waals surface area contributed by atoms with Crippen molar-refractivity contribution >= 4 is 23.1 Å². The SMILES string of the molecule is Cc1ccc(N=C(N)CCl)c(F)c1F. The summed E-state index contributed by atoms with van der Waals surface area (Å²) in [5.41, 5.74) is 5.39. The average Bonchev–Trinajstić information content (AvgIpc) is 2.19. The van der Waals surface area contributed by atoms with Crippen molar-refractivity contribution in [2.24, 2.45) is 10.7 Å². The molecule has 0 radical (unpaired) electrons. The second-order valence-corrected chi connectivity index (χ2v) is 3.03. The van der Waals surface area contributed by atoms with Gasteiger partial charge in [-0.3, -0.25) is 0 Å². The van der Waals surface area contributed by atoms with Gasteiger partial charge in [-0.25, -0.2) is 13.8 Å². The lowest BCUT2D eigenvalue weighted by molar-refractivity contribution is 0.505. The van der Waals surface area contributed by atoms with Gasteiger partial charge in [0.25, 0.3) is 0 Å². The fourth-order valence-electron chi connectivity index (χ4n) is 0.907. The van der Waals surface area contributed by atoms with Crippen LogP contribution in [0.25, 0.3) is 0 Å². The molecule has 0 bridgehead atoms. The molecule has 5 heteroatoms. The minimum absolute atomic E-state index is 0.0189. The lowest BCUT2D eigenvalue weighted by Crippen LogP contribution is -2.12. The van der Waals surface area contributed by atoms with Crippen LogP contribution in [-0.4, -0.2) is 11.7 Å². The molecule has 14 heavy (non-hydrogen) atoms. The Morgan fingerprint density at radius 2 is 2.07 bits per heavy atom. The predicted octanol–water partition coefficient (Wildman–Crippen LogP) is 2.50. The Kier molecular flexibility index (Phi) is 3.41. The summed E-state index contributed by atoms with van der Waals surface area (Å²) in [6.45, 7) is 1.47. The molecule has 1 aromatic rings. The van der Waals surface area contributed by atoms with Crippen molar-refractivity contribution in [3.05, 3.63) is 29.3 Å². The lowest BCUT2D eigenvalue weighted by Gasteiger charge is -2.01. The third-order valence-electron chi connectivity index (χ3n) is 1.66. The van der Waals surface area contributed by atoms with Crippen LogP contribution in [-0.2, 0) is 0 Å². The molecule has 2 nitrogen and oxygen atoms in total. The molecule has 0 aliphatic heterocycles. The Morgan fingerprint density at radius 3 is 2.64 bits per heavy atom. The van der Waals surface area contributed by atoms with E-state index in [2.05, 4.69) is 4.99 Å². The molecular formula is C9H9ClF2N2. The number of alkyl halides is 1. The molecule has 0 aromatic heterocycles. The number of hydrogen-bond acceptors (Lipinski definition) is 1. The van der Waals surface area contributed by atoms with Crippen molar-refractivity contribution in [3.8, 4) is 0 Å². The Morgan fingerprint density at radius 1 is 1.43 bits per heavy atom. The highest BCUT2D eigenvalue weighted by Crippen LogP contribution is 2.22. The normalized spacial score (nSPS) is 11.9. The van der Waals surface area contributed by atoms with Crippen LogP contribution in [0.3, 0.4) is 0 Å². The van der Waals surface area contributed by atoms with E-state index < -0.39 is 11.6 Å². The van der Waals surface area contributed by atoms with E-state index in [9.17, 15) is 8.78 Å². The van der Waals surface area contributed by atoms with Gasteiger partial charge in [0.2, 0.25) is 0 Å². The molecule has 1 aromatic carbocycles. The van der Waals surface area contributed by atoms with Gasteiger partial charge in [0.05, 0.1) is 5.88 Å². The van der Waals surface area contributed by atoms with Gasteiger partial charge in [0, 0.05) is 0 Å². The van der Waals surface area contributed by atoms with Crippen LogP contribution in [0, 0.1) is 18.6 Å². The number of aryl methyl sites for hydroxylation is 1. The number of amidine groups is 1. The van der Waals surface area contributed by atoms with Gasteiger partial charge in [-0.05, 0) is 18.6 Å². The molecule has 0 aliphatic carbocycles. The average molecular weight is 219 g/mol. The Bertz CT molecular complexity index is 377. The Hall–Kier alpha value is -1.16. The second kappa shape index (κ2) is 4.37. The molecule has 2 N–H and O–H groups in total. The van der Waals surface area contributed by atoms with Crippen LogP contribution in [0.2, 0.25) is 0 Å². The summed E-state index contributed by atoms with van der Waals surface area (Å²) in [7, 11) is 0. The van der Waals surface area contributed by atoms with Gasteiger partial charge in [0.1, 0.15) is 11.5 Å². The van der Waals surface area contributed by atoms with E-state index in [0.29, 0.717) is 0 Å². The first-order chi connectivity index (χ1) is 6.56. The molecule has 0 saturated heterocycles. The monoisotopic (exact) mass is 218 g/mol. The van der Waals surface area contributed by atoms with Crippen LogP contribution in [0.15, 0.2) is 17.1 Å². The van der Waals surface area contributed by atoms with Crippen molar-refractivity contribution in [2.45, 2.75) is 6.92 Å². The standard InChI is InChI=1S/C9H9ClF2N2/c1-5-2-3-6(9(12)8(5)11)14-7(13)4-10/h2-3H,4H2,1H3,(H2,13,14). The van der Waals surface area contributed by atoms with E-state index in [1.807, 2.05) is 0 Å². The van der Waals surface area contributed by atoms with E-state index in [0.717, 1.165) is 0 Å². The maximum atomic E-state index is 13.2. The fourth-order valence-corrected chi connectivity index (χ4v) is 0.967. The van der Waals surface area contributed by atoms with Crippen LogP contribution >= 0.6 is 11.6 Å². The number of nitrogens with two attached hydrogens (primary N) is 1. The third-order valence-corrected chi connectivity index (χ3v) is 1.93. The maximum absolute atomic E-state index is 13.2. The first kappa shape index (κ1) is 10.9. The van der Waals surface area contributed by atoms with Gasteiger partial charge in [-0.1, -0.05) is 6.07 Å². The van der Waals surface area contributed by atoms with E-state index in [1.165, 1.54) is 19.1 Å². The van der Waals surface area contributed by atoms with Crippen molar-refractivity contribution in [1.82, 2.24) is 0 Å². The van der Waals surface area contributed by atoms with Gasteiger partial charge in [-0.2, -0.15) is 0 Å². The molecule has 0 amide bonds. The highest BCUT2D eigenvalue weighted by atomic mass is 35.5. The summed E-state index contributed by atoms with van der Waals surface area (Å²) in [6, 6.07) is 2.78. The number of rotatable bonds is 2. The van der Waals surface area contributed by atoms with E-state index in [4.69, 9.17) is 17.3 Å². The van der Waals surface area contributed by atoms with E-state index in [1.54, 1.807) is 0 Å². The second-order valence-electron chi connectivity index (χ2n) is 2.77. The summed E-state index contributed by atoms with van der Waals surface area (Å²) >= 11 is 5.35. The summed E-state index contributed by atoms with van der Waals surface area (Å²) in [4.78, 5) is 3.63. The highest BCUT2D eigenvalue weighted by Gasteiger charge is 2.10. The molecule has 0 heterocycles. The quantitative estimate of drug-likeness (QED) is 0.462. The lowest BCUT2D eigenvalue weighted by atomic mass is 10.2. The molecule has 0 spiro atoms. The molecule has 0 saturated carbocycles. The molecular weight excluding hydrogens is 210 g/mol. The number of benzene rings is 1. The molecule has 1 rings (SSSR count). The third kappa shape index (κ3) is 2.20. The van der Waals surface area contributed by atoms with Gasteiger partial charge in [0.15, 0.2) is 11.6 Å². The Labute approximate surface area is 85.4 Å². The topological polar surface area (TPSA) is 38.4 Å².